The molecule has 1 heterocycles. The van der Waals surface area contributed by atoms with Gasteiger partial charge >= 0.3 is 6.18 Å². The van der Waals surface area contributed by atoms with E-state index in [1.807, 2.05) is 5.43 Å². The minimum Gasteiger partial charge on any atom is -0.475 e. The lowest BCUT2D eigenvalue weighted by atomic mass is 10.5. The number of nitrogens with one attached hydrogen (secondary N) is 1. The SMILES string of the molecule is COCCOc1cc(NN)nc(C(F)(F)F)n1. The Kier molecular flexibility index (Phi) is 4.46. The molecular formula is C8H11F3N4O2. The standard InChI is InChI=1S/C8H11F3N4O2/c1-16-2-3-17-6-4-5(15-12)13-7(14-6)8(9,10)11/h4H,2-3,12H2,1H3,(H,13,14,15). The number of ether oxygens (including phenoxy) is 2. The first-order valence-electron chi connectivity index (χ1n) is 4.52. The lowest BCUT2D eigenvalue weighted by molar-refractivity contribution is -0.145. The minimum atomic E-state index is -4.66. The zero-order chi connectivity index (χ0) is 12.9. The third-order valence-electron chi connectivity index (χ3n) is 1.64. The molecule has 0 aliphatic rings. The number of methoxy groups -OCH3 is 1. The zero-order valence-corrected chi connectivity index (χ0v) is 8.91. The first-order chi connectivity index (χ1) is 7.97. The van der Waals surface area contributed by atoms with Gasteiger partial charge in [-0.3, -0.25) is 0 Å². The van der Waals surface area contributed by atoms with E-state index in [-0.39, 0.29) is 24.9 Å². The van der Waals surface area contributed by atoms with Crippen LogP contribution < -0.4 is 16.0 Å². The summed E-state index contributed by atoms with van der Waals surface area (Å²) in [6.07, 6.45) is -4.66. The molecule has 0 saturated carbocycles. The van der Waals surface area contributed by atoms with Crippen LogP contribution in [-0.4, -0.2) is 30.3 Å². The highest BCUT2D eigenvalue weighted by Gasteiger charge is 2.35. The van der Waals surface area contributed by atoms with Crippen LogP contribution in [0.4, 0.5) is 19.0 Å². The summed E-state index contributed by atoms with van der Waals surface area (Å²) in [7, 11) is 1.44. The Labute approximate surface area is 94.9 Å². The van der Waals surface area contributed by atoms with Gasteiger partial charge in [0.2, 0.25) is 11.7 Å². The van der Waals surface area contributed by atoms with E-state index in [2.05, 4.69) is 14.7 Å². The zero-order valence-electron chi connectivity index (χ0n) is 8.91. The van der Waals surface area contributed by atoms with Crippen LogP contribution >= 0.6 is 0 Å². The van der Waals surface area contributed by atoms with Crippen molar-refractivity contribution in [2.24, 2.45) is 5.84 Å². The predicted molar refractivity (Wildman–Crippen MR) is 52.2 cm³/mol. The fraction of sp³-hybridized carbons (Fsp3) is 0.500. The largest absolute Gasteiger partial charge is 0.475 e. The van der Waals surface area contributed by atoms with E-state index in [0.717, 1.165) is 6.07 Å². The van der Waals surface area contributed by atoms with Crippen LogP contribution in [0.15, 0.2) is 6.07 Å². The Bertz CT molecular complexity index is 372. The number of nitrogen functional groups attached to an aromatic ring is 1. The fourth-order valence-electron chi connectivity index (χ4n) is 0.929. The Balaban J connectivity index is 2.89. The molecule has 0 spiro atoms. The molecule has 0 fully saturated rings. The van der Waals surface area contributed by atoms with Crippen molar-refractivity contribution < 1.29 is 22.6 Å². The number of aromatic nitrogens is 2. The molecule has 17 heavy (non-hydrogen) atoms. The Hall–Kier alpha value is -1.61. The summed E-state index contributed by atoms with van der Waals surface area (Å²) in [5, 5.41) is 0. The van der Waals surface area contributed by atoms with Gasteiger partial charge in [0.25, 0.3) is 0 Å². The summed E-state index contributed by atoms with van der Waals surface area (Å²) < 4.78 is 46.8. The van der Waals surface area contributed by atoms with Gasteiger partial charge in [-0.25, -0.2) is 10.8 Å². The van der Waals surface area contributed by atoms with Crippen LogP contribution in [0.5, 0.6) is 5.88 Å². The van der Waals surface area contributed by atoms with E-state index in [4.69, 9.17) is 10.6 Å². The lowest BCUT2D eigenvalue weighted by Gasteiger charge is -2.10. The summed E-state index contributed by atoms with van der Waals surface area (Å²) in [5.41, 5.74) is 2.01. The monoisotopic (exact) mass is 252 g/mol. The van der Waals surface area contributed by atoms with Crippen molar-refractivity contribution in [3.05, 3.63) is 11.9 Å². The third-order valence-corrected chi connectivity index (χ3v) is 1.64. The molecule has 6 nitrogen and oxygen atoms in total. The molecule has 0 aliphatic carbocycles. The number of alkyl halides is 3. The first-order valence-corrected chi connectivity index (χ1v) is 4.52. The second-order valence-corrected chi connectivity index (χ2v) is 2.90. The van der Waals surface area contributed by atoms with Gasteiger partial charge in [-0.1, -0.05) is 0 Å². The molecule has 0 bridgehead atoms. The van der Waals surface area contributed by atoms with E-state index < -0.39 is 12.0 Å². The Morgan fingerprint density at radius 2 is 2.06 bits per heavy atom. The van der Waals surface area contributed by atoms with Crippen LogP contribution in [0.2, 0.25) is 0 Å². The molecule has 0 saturated heterocycles. The molecule has 96 valence electrons. The maximum Gasteiger partial charge on any atom is 0.451 e. The molecule has 0 radical (unpaired) electrons. The molecule has 9 heteroatoms. The molecule has 0 amide bonds. The van der Waals surface area contributed by atoms with Crippen molar-refractivity contribution in [2.45, 2.75) is 6.18 Å². The summed E-state index contributed by atoms with van der Waals surface area (Å²) >= 11 is 0. The summed E-state index contributed by atoms with van der Waals surface area (Å²) in [5.74, 6) is 3.27. The smallest absolute Gasteiger partial charge is 0.451 e. The first kappa shape index (κ1) is 13.5. The fourth-order valence-corrected chi connectivity index (χ4v) is 0.929. The highest BCUT2D eigenvalue weighted by atomic mass is 19.4. The van der Waals surface area contributed by atoms with Gasteiger partial charge in [0.05, 0.1) is 6.61 Å². The number of rotatable bonds is 5. The number of halogens is 3. The van der Waals surface area contributed by atoms with Gasteiger partial charge in [0.15, 0.2) is 0 Å². The quantitative estimate of drug-likeness (QED) is 0.458. The molecule has 1 aromatic heterocycles. The highest BCUT2D eigenvalue weighted by molar-refractivity contribution is 5.37. The average Bonchev–Trinajstić information content (AvgIpc) is 2.28. The molecular weight excluding hydrogens is 241 g/mol. The number of hydrazine groups is 1. The molecule has 3 N–H and O–H groups in total. The van der Waals surface area contributed by atoms with Crippen molar-refractivity contribution >= 4 is 5.82 Å². The van der Waals surface area contributed by atoms with Crippen molar-refractivity contribution in [3.8, 4) is 5.88 Å². The number of hydrogen-bond donors (Lipinski definition) is 2. The summed E-state index contributed by atoms with van der Waals surface area (Å²) in [6, 6.07) is 1.16. The topological polar surface area (TPSA) is 82.3 Å². The van der Waals surface area contributed by atoms with E-state index in [0.29, 0.717) is 0 Å². The maximum absolute atomic E-state index is 12.4. The number of anilines is 1. The summed E-state index contributed by atoms with van der Waals surface area (Å²) in [6.45, 7) is 0.311. The van der Waals surface area contributed by atoms with E-state index in [9.17, 15) is 13.2 Å². The number of nitrogens with zero attached hydrogens (tertiary/aromatic N) is 2. The average molecular weight is 252 g/mol. The van der Waals surface area contributed by atoms with Crippen LogP contribution in [0.3, 0.4) is 0 Å². The van der Waals surface area contributed by atoms with Crippen LogP contribution in [0.25, 0.3) is 0 Å². The number of nitrogens with two attached hydrogens (primary N) is 1. The highest BCUT2D eigenvalue weighted by Crippen LogP contribution is 2.28. The summed E-state index contributed by atoms with van der Waals surface area (Å²) in [4.78, 5) is 6.38. The van der Waals surface area contributed by atoms with Crippen LogP contribution in [0.1, 0.15) is 5.82 Å². The minimum absolute atomic E-state index is 0.0782. The van der Waals surface area contributed by atoms with Gasteiger partial charge in [-0.05, 0) is 0 Å². The van der Waals surface area contributed by atoms with E-state index in [1.54, 1.807) is 0 Å². The molecule has 0 aromatic carbocycles. The molecule has 1 rings (SSSR count). The predicted octanol–water partition coefficient (Wildman–Crippen LogP) is 0.806. The number of hydrogen-bond acceptors (Lipinski definition) is 6. The Morgan fingerprint density at radius 1 is 1.35 bits per heavy atom. The van der Waals surface area contributed by atoms with Gasteiger partial charge in [0, 0.05) is 13.2 Å². The normalized spacial score (nSPS) is 11.4. The Morgan fingerprint density at radius 3 is 2.59 bits per heavy atom. The van der Waals surface area contributed by atoms with Gasteiger partial charge < -0.3 is 14.9 Å². The van der Waals surface area contributed by atoms with E-state index in [1.165, 1.54) is 7.11 Å². The van der Waals surface area contributed by atoms with Crippen molar-refractivity contribution in [1.82, 2.24) is 9.97 Å². The molecule has 1 aromatic rings. The molecule has 0 unspecified atom stereocenters. The maximum atomic E-state index is 12.4. The van der Waals surface area contributed by atoms with Crippen molar-refractivity contribution in [1.29, 1.82) is 0 Å². The van der Waals surface area contributed by atoms with E-state index >= 15 is 0 Å². The van der Waals surface area contributed by atoms with Crippen LogP contribution in [-0.2, 0) is 10.9 Å². The molecule has 0 atom stereocenters. The van der Waals surface area contributed by atoms with Gasteiger partial charge in [-0.15, -0.1) is 0 Å². The second-order valence-electron chi connectivity index (χ2n) is 2.90. The van der Waals surface area contributed by atoms with Crippen molar-refractivity contribution in [2.75, 3.05) is 25.7 Å². The van der Waals surface area contributed by atoms with Gasteiger partial charge in [-0.2, -0.15) is 18.2 Å². The van der Waals surface area contributed by atoms with Crippen molar-refractivity contribution in [3.63, 3.8) is 0 Å². The second kappa shape index (κ2) is 5.64. The third kappa shape index (κ3) is 4.04. The molecule has 0 aliphatic heterocycles. The van der Waals surface area contributed by atoms with Gasteiger partial charge in [0.1, 0.15) is 12.4 Å². The van der Waals surface area contributed by atoms with Crippen LogP contribution in [0, 0.1) is 0 Å². The lowest BCUT2D eigenvalue weighted by Crippen LogP contribution is -2.17.